The highest BCUT2D eigenvalue weighted by atomic mass is 79.9. The number of benzene rings is 1. The summed E-state index contributed by atoms with van der Waals surface area (Å²) in [5.74, 6) is 0.709. The van der Waals surface area contributed by atoms with Crippen LogP contribution in [0.2, 0.25) is 0 Å². The molecule has 2 heteroatoms. The van der Waals surface area contributed by atoms with E-state index in [1.54, 1.807) is 0 Å². The smallest absolute Gasteiger partial charge is 0.0178 e. The van der Waals surface area contributed by atoms with Gasteiger partial charge in [0.2, 0.25) is 0 Å². The second-order valence-corrected chi connectivity index (χ2v) is 4.96. The van der Waals surface area contributed by atoms with Crippen LogP contribution in [0.15, 0.2) is 22.7 Å². The summed E-state index contributed by atoms with van der Waals surface area (Å²) in [6, 6.07) is 6.59. The molecule has 0 saturated carbocycles. The summed E-state index contributed by atoms with van der Waals surface area (Å²) >= 11 is 3.54. The van der Waals surface area contributed by atoms with Gasteiger partial charge in [0, 0.05) is 11.0 Å². The molecule has 0 aromatic heterocycles. The van der Waals surface area contributed by atoms with Crippen LogP contribution in [0.1, 0.15) is 29.9 Å². The van der Waals surface area contributed by atoms with Crippen LogP contribution in [0, 0.1) is 6.92 Å². The lowest BCUT2D eigenvalue weighted by atomic mass is 9.89. The Labute approximate surface area is 94.0 Å². The number of aryl methyl sites for hydroxylation is 1. The van der Waals surface area contributed by atoms with E-state index < -0.39 is 0 Å². The first-order valence-electron chi connectivity index (χ1n) is 5.24. The summed E-state index contributed by atoms with van der Waals surface area (Å²) in [4.78, 5) is 0. The molecule has 1 atom stereocenters. The lowest BCUT2D eigenvalue weighted by molar-refractivity contribution is 0.460. The van der Waals surface area contributed by atoms with Crippen LogP contribution in [-0.4, -0.2) is 13.1 Å². The van der Waals surface area contributed by atoms with E-state index in [0.29, 0.717) is 5.92 Å². The van der Waals surface area contributed by atoms with Crippen molar-refractivity contribution in [3.63, 3.8) is 0 Å². The third-order valence-electron chi connectivity index (χ3n) is 2.98. The Bertz CT molecular complexity index is 316. The molecular formula is C12H16BrN. The molecular weight excluding hydrogens is 238 g/mol. The molecule has 0 aliphatic carbocycles. The van der Waals surface area contributed by atoms with Crippen LogP contribution in [0.25, 0.3) is 0 Å². The summed E-state index contributed by atoms with van der Waals surface area (Å²) in [7, 11) is 0. The van der Waals surface area contributed by atoms with Gasteiger partial charge in [-0.2, -0.15) is 0 Å². The van der Waals surface area contributed by atoms with Gasteiger partial charge in [-0.05, 0) is 55.5 Å². The number of hydrogen-bond acceptors (Lipinski definition) is 1. The van der Waals surface area contributed by atoms with Crippen molar-refractivity contribution in [2.24, 2.45) is 0 Å². The fourth-order valence-corrected chi connectivity index (χ4v) is 2.55. The molecule has 76 valence electrons. The molecule has 1 nitrogen and oxygen atoms in total. The summed E-state index contributed by atoms with van der Waals surface area (Å²) in [5, 5.41) is 3.46. The van der Waals surface area contributed by atoms with Gasteiger partial charge >= 0.3 is 0 Å². The minimum Gasteiger partial charge on any atom is -0.316 e. The molecule has 1 aliphatic rings. The Hall–Kier alpha value is -0.340. The van der Waals surface area contributed by atoms with Crippen LogP contribution in [0.5, 0.6) is 0 Å². The van der Waals surface area contributed by atoms with E-state index in [1.165, 1.54) is 35.0 Å². The SMILES string of the molecule is Cc1ccc(Br)cc1C1CCCNC1. The Morgan fingerprint density at radius 3 is 3.00 bits per heavy atom. The van der Waals surface area contributed by atoms with E-state index in [0.717, 1.165) is 6.54 Å². The van der Waals surface area contributed by atoms with Crippen molar-refractivity contribution in [2.45, 2.75) is 25.7 Å². The first-order valence-corrected chi connectivity index (χ1v) is 6.03. The van der Waals surface area contributed by atoms with Crippen molar-refractivity contribution >= 4 is 15.9 Å². The van der Waals surface area contributed by atoms with Gasteiger partial charge in [0.15, 0.2) is 0 Å². The van der Waals surface area contributed by atoms with Crippen molar-refractivity contribution in [3.05, 3.63) is 33.8 Å². The number of piperidine rings is 1. The Morgan fingerprint density at radius 1 is 1.43 bits per heavy atom. The van der Waals surface area contributed by atoms with Crippen molar-refractivity contribution in [1.82, 2.24) is 5.32 Å². The third kappa shape index (κ3) is 2.18. The van der Waals surface area contributed by atoms with E-state index in [-0.39, 0.29) is 0 Å². The normalized spacial score (nSPS) is 22.3. The van der Waals surface area contributed by atoms with E-state index in [4.69, 9.17) is 0 Å². The van der Waals surface area contributed by atoms with Gasteiger partial charge in [-0.25, -0.2) is 0 Å². The summed E-state index contributed by atoms with van der Waals surface area (Å²) in [6.45, 7) is 4.53. The average Bonchev–Trinajstić information content (AvgIpc) is 2.23. The highest BCUT2D eigenvalue weighted by Gasteiger charge is 2.16. The molecule has 0 bridgehead atoms. The molecule has 1 saturated heterocycles. The van der Waals surface area contributed by atoms with Crippen LogP contribution in [0.3, 0.4) is 0 Å². The van der Waals surface area contributed by atoms with Gasteiger partial charge in [0.1, 0.15) is 0 Å². The van der Waals surface area contributed by atoms with Crippen molar-refractivity contribution < 1.29 is 0 Å². The first kappa shape index (κ1) is 10.2. The number of nitrogens with one attached hydrogen (secondary N) is 1. The molecule has 1 heterocycles. The highest BCUT2D eigenvalue weighted by Crippen LogP contribution is 2.28. The minimum absolute atomic E-state index is 0.709. The molecule has 1 aromatic rings. The molecule has 0 radical (unpaired) electrons. The zero-order valence-electron chi connectivity index (χ0n) is 8.52. The van der Waals surface area contributed by atoms with Crippen molar-refractivity contribution in [2.75, 3.05) is 13.1 Å². The van der Waals surface area contributed by atoms with Gasteiger partial charge in [0.05, 0.1) is 0 Å². The van der Waals surface area contributed by atoms with Crippen LogP contribution >= 0.6 is 15.9 Å². The highest BCUT2D eigenvalue weighted by molar-refractivity contribution is 9.10. The van der Waals surface area contributed by atoms with Crippen molar-refractivity contribution in [3.8, 4) is 0 Å². The molecule has 14 heavy (non-hydrogen) atoms. The summed E-state index contributed by atoms with van der Waals surface area (Å²) in [5.41, 5.74) is 2.92. The third-order valence-corrected chi connectivity index (χ3v) is 3.47. The van der Waals surface area contributed by atoms with Gasteiger partial charge in [-0.1, -0.05) is 22.0 Å². The fraction of sp³-hybridized carbons (Fsp3) is 0.500. The predicted octanol–water partition coefficient (Wildman–Crippen LogP) is 3.22. The molecule has 1 aromatic carbocycles. The van der Waals surface area contributed by atoms with E-state index in [2.05, 4.69) is 46.4 Å². The van der Waals surface area contributed by atoms with Crippen molar-refractivity contribution in [1.29, 1.82) is 0 Å². The van der Waals surface area contributed by atoms with Crippen LogP contribution in [0.4, 0.5) is 0 Å². The Morgan fingerprint density at radius 2 is 2.29 bits per heavy atom. The zero-order chi connectivity index (χ0) is 9.97. The molecule has 1 aliphatic heterocycles. The molecule has 2 rings (SSSR count). The maximum absolute atomic E-state index is 3.54. The molecule has 1 fully saturated rings. The van der Waals surface area contributed by atoms with E-state index >= 15 is 0 Å². The summed E-state index contributed by atoms with van der Waals surface area (Å²) < 4.78 is 1.20. The lowest BCUT2D eigenvalue weighted by Crippen LogP contribution is -2.28. The minimum atomic E-state index is 0.709. The number of rotatable bonds is 1. The fourth-order valence-electron chi connectivity index (χ4n) is 2.17. The predicted molar refractivity (Wildman–Crippen MR) is 63.7 cm³/mol. The zero-order valence-corrected chi connectivity index (χ0v) is 10.1. The van der Waals surface area contributed by atoms with Crippen LogP contribution in [-0.2, 0) is 0 Å². The average molecular weight is 254 g/mol. The lowest BCUT2D eigenvalue weighted by Gasteiger charge is -2.24. The molecule has 1 unspecified atom stereocenters. The second-order valence-electron chi connectivity index (χ2n) is 4.04. The Kier molecular flexibility index (Phi) is 3.24. The van der Waals surface area contributed by atoms with E-state index in [9.17, 15) is 0 Å². The van der Waals surface area contributed by atoms with Gasteiger partial charge in [-0.3, -0.25) is 0 Å². The quantitative estimate of drug-likeness (QED) is 0.811. The van der Waals surface area contributed by atoms with Gasteiger partial charge < -0.3 is 5.32 Å². The summed E-state index contributed by atoms with van der Waals surface area (Å²) in [6.07, 6.45) is 2.63. The first-order chi connectivity index (χ1) is 6.77. The van der Waals surface area contributed by atoms with Gasteiger partial charge in [-0.15, -0.1) is 0 Å². The number of halogens is 1. The second kappa shape index (κ2) is 4.45. The topological polar surface area (TPSA) is 12.0 Å². The maximum Gasteiger partial charge on any atom is 0.0178 e. The maximum atomic E-state index is 3.54. The largest absolute Gasteiger partial charge is 0.316 e. The number of hydrogen-bond donors (Lipinski definition) is 1. The van der Waals surface area contributed by atoms with Crippen LogP contribution < -0.4 is 5.32 Å². The molecule has 1 N–H and O–H groups in total. The molecule has 0 spiro atoms. The molecule has 0 amide bonds. The van der Waals surface area contributed by atoms with Gasteiger partial charge in [0.25, 0.3) is 0 Å². The Balaban J connectivity index is 2.24. The van der Waals surface area contributed by atoms with E-state index in [1.807, 2.05) is 0 Å². The standard InChI is InChI=1S/C12H16BrN/c1-9-4-5-11(13)7-12(9)10-3-2-6-14-8-10/h4-5,7,10,14H,2-3,6,8H2,1H3. The monoisotopic (exact) mass is 253 g/mol.